The smallest absolute Gasteiger partial charge is 0.335 e. The first-order valence-electron chi connectivity index (χ1n) is 22.2. The molecule has 0 spiro atoms. The summed E-state index contributed by atoms with van der Waals surface area (Å²) in [5, 5.41) is 0. The Labute approximate surface area is 393 Å². The van der Waals surface area contributed by atoms with Crippen LogP contribution in [0.5, 0.6) is 23.0 Å². The Balaban J connectivity index is 0.000000260. The van der Waals surface area contributed by atoms with Crippen LogP contribution in [-0.2, 0) is 22.8 Å². The van der Waals surface area contributed by atoms with E-state index in [2.05, 4.69) is 129 Å². The molecule has 6 nitrogen and oxygen atoms in total. The Kier molecular flexibility index (Phi) is 16.4. The van der Waals surface area contributed by atoms with Crippen molar-refractivity contribution in [3.63, 3.8) is 0 Å². The Morgan fingerprint density at radius 2 is 0.652 bits per heavy atom. The Hall–Kier alpha value is -7.18. The van der Waals surface area contributed by atoms with E-state index in [0.717, 1.165) is 102 Å². The fraction of sp³-hybridized carbons (Fsp3) is 0.233. The molecule has 6 rings (SSSR count). The fourth-order valence-corrected chi connectivity index (χ4v) is 8.21. The van der Waals surface area contributed by atoms with Crippen LogP contribution in [-0.4, -0.2) is 11.9 Å². The van der Waals surface area contributed by atoms with Crippen LogP contribution in [0.2, 0.25) is 0 Å². The van der Waals surface area contributed by atoms with E-state index < -0.39 is 11.9 Å². The van der Waals surface area contributed by atoms with Crippen LogP contribution in [0.1, 0.15) is 89.0 Å². The first-order valence-corrected chi connectivity index (χ1v) is 22.2. The first-order chi connectivity index (χ1) is 31.3. The molecule has 0 atom stereocenters. The minimum atomic E-state index is -0.477. The molecule has 0 aliphatic heterocycles. The summed E-state index contributed by atoms with van der Waals surface area (Å²) in [6.45, 7) is 40.3. The van der Waals surface area contributed by atoms with E-state index in [9.17, 15) is 9.59 Å². The lowest BCUT2D eigenvalue weighted by Crippen LogP contribution is -2.08. The summed E-state index contributed by atoms with van der Waals surface area (Å²) < 4.78 is 23.5. The van der Waals surface area contributed by atoms with Gasteiger partial charge in [0, 0.05) is 12.2 Å². The van der Waals surface area contributed by atoms with Crippen LogP contribution >= 0.6 is 0 Å². The Morgan fingerprint density at radius 1 is 0.394 bits per heavy atom. The number of ether oxygens (including phenoxy) is 4. The zero-order valence-electron chi connectivity index (χ0n) is 40.9. The second kappa shape index (κ2) is 21.7. The van der Waals surface area contributed by atoms with Gasteiger partial charge >= 0.3 is 11.9 Å². The normalized spacial score (nSPS) is 10.6. The van der Waals surface area contributed by atoms with Crippen molar-refractivity contribution in [1.29, 1.82) is 0 Å². The summed E-state index contributed by atoms with van der Waals surface area (Å²) in [6.07, 6.45) is 6.02. The monoisotopic (exact) mass is 880 g/mol. The summed E-state index contributed by atoms with van der Waals surface area (Å²) in [5.41, 5.74) is 21.8. The summed E-state index contributed by atoms with van der Waals surface area (Å²) >= 11 is 0. The van der Waals surface area contributed by atoms with Gasteiger partial charge in [0.05, 0.1) is 0 Å². The van der Waals surface area contributed by atoms with Crippen molar-refractivity contribution in [3.8, 4) is 45.3 Å². The Morgan fingerprint density at radius 3 is 0.909 bits per heavy atom. The molecular weight excluding hydrogens is 817 g/mol. The largest absolute Gasteiger partial charge is 0.488 e. The first kappa shape index (κ1) is 49.8. The van der Waals surface area contributed by atoms with Crippen LogP contribution in [0.25, 0.3) is 34.4 Å². The topological polar surface area (TPSA) is 71.1 Å². The molecule has 6 aromatic rings. The average Bonchev–Trinajstić information content (AvgIpc) is 3.31. The lowest BCUT2D eigenvalue weighted by atomic mass is 9.88. The molecule has 0 unspecified atom stereocenters. The van der Waals surface area contributed by atoms with Gasteiger partial charge < -0.3 is 18.9 Å². The van der Waals surface area contributed by atoms with Crippen LogP contribution in [0, 0.1) is 83.1 Å². The second-order valence-corrected chi connectivity index (χ2v) is 17.0. The number of esters is 2. The average molecular weight is 881 g/mol. The van der Waals surface area contributed by atoms with Crippen molar-refractivity contribution in [3.05, 3.63) is 200 Å². The third-order valence-corrected chi connectivity index (χ3v) is 12.6. The lowest BCUT2D eigenvalue weighted by Gasteiger charge is -2.22. The Bertz CT molecular complexity index is 2660. The van der Waals surface area contributed by atoms with E-state index in [1.165, 1.54) is 33.4 Å². The molecule has 0 fully saturated rings. The van der Waals surface area contributed by atoms with Gasteiger partial charge in [-0.2, -0.15) is 0 Å². The fourth-order valence-electron chi connectivity index (χ4n) is 8.21. The zero-order chi connectivity index (χ0) is 48.6. The SMILES string of the molecule is C=CC(=O)Oc1c(C)cc(-c2cc(C)c(OC(=O)C=C)c(C)c2C)c(C)c1C.C=Cc1ccc(COc2c(C)cc(-c3cc(C)c(OCc4ccc(C=C)cc4)c(C)c3C)c(C)c2C)cc1. The standard InChI is InChI=1S/C36H38O2.C24H26O4/c1-9-29-11-15-31(16-12-29)21-37-35-23(3)19-33(25(5)27(35)7)34-20-24(4)36(28(8)26(34)6)38-22-32-17-13-30(10-2)14-18-32;1-9-21(25)27-23-13(3)11-19(15(5)17(23)7)20-12-14(4)24(18(8)16(20)6)28-22(26)10-2/h9-20H,1-2,21-22H2,3-8H3;9-12H,1-2H2,3-8H3. The van der Waals surface area contributed by atoms with Crippen LogP contribution in [0.3, 0.4) is 0 Å². The molecule has 0 aliphatic carbocycles. The molecule has 0 heterocycles. The van der Waals surface area contributed by atoms with Gasteiger partial charge in [-0.05, 0) is 219 Å². The molecule has 0 saturated heterocycles. The summed E-state index contributed by atoms with van der Waals surface area (Å²) in [5.74, 6) is 2.10. The highest BCUT2D eigenvalue weighted by Crippen LogP contribution is 2.42. The third kappa shape index (κ3) is 11.0. The predicted molar refractivity (Wildman–Crippen MR) is 274 cm³/mol. The number of carbonyl (C=O) groups excluding carboxylic acids is 2. The lowest BCUT2D eigenvalue weighted by molar-refractivity contribution is -0.129. The number of benzene rings is 6. The molecule has 0 saturated carbocycles. The van der Waals surface area contributed by atoms with Gasteiger partial charge in [0.15, 0.2) is 0 Å². The molecule has 0 aromatic heterocycles. The minimum absolute atomic E-state index is 0.477. The summed E-state index contributed by atoms with van der Waals surface area (Å²) in [6, 6.07) is 25.2. The van der Waals surface area contributed by atoms with Gasteiger partial charge in [0.1, 0.15) is 36.2 Å². The molecule has 0 amide bonds. The van der Waals surface area contributed by atoms with E-state index in [1.807, 2.05) is 65.8 Å². The van der Waals surface area contributed by atoms with E-state index in [-0.39, 0.29) is 0 Å². The summed E-state index contributed by atoms with van der Waals surface area (Å²) in [7, 11) is 0. The molecule has 6 aromatic carbocycles. The molecule has 0 N–H and O–H groups in total. The van der Waals surface area contributed by atoms with Crippen LogP contribution in [0.15, 0.2) is 111 Å². The van der Waals surface area contributed by atoms with E-state index >= 15 is 0 Å². The maximum atomic E-state index is 11.7. The molecule has 0 aliphatic rings. The highest BCUT2D eigenvalue weighted by Gasteiger charge is 2.21. The predicted octanol–water partition coefficient (Wildman–Crippen LogP) is 15.0. The van der Waals surface area contributed by atoms with Crippen molar-refractivity contribution in [2.75, 3.05) is 0 Å². The third-order valence-electron chi connectivity index (χ3n) is 12.6. The molecule has 66 heavy (non-hydrogen) atoms. The summed E-state index contributed by atoms with van der Waals surface area (Å²) in [4.78, 5) is 23.3. The molecule has 340 valence electrons. The van der Waals surface area contributed by atoms with Crippen LogP contribution < -0.4 is 18.9 Å². The quantitative estimate of drug-likeness (QED) is 0.0617. The van der Waals surface area contributed by atoms with Crippen molar-refractivity contribution in [2.45, 2.75) is 96.3 Å². The van der Waals surface area contributed by atoms with Crippen LogP contribution in [0.4, 0.5) is 0 Å². The van der Waals surface area contributed by atoms with Crippen molar-refractivity contribution in [2.24, 2.45) is 0 Å². The zero-order valence-corrected chi connectivity index (χ0v) is 40.9. The maximum absolute atomic E-state index is 11.7. The van der Waals surface area contributed by atoms with Gasteiger partial charge in [-0.3, -0.25) is 0 Å². The highest BCUT2D eigenvalue weighted by molar-refractivity contribution is 5.86. The molecular formula is C60H64O6. The van der Waals surface area contributed by atoms with Crippen molar-refractivity contribution >= 4 is 24.1 Å². The van der Waals surface area contributed by atoms with E-state index in [0.29, 0.717) is 24.7 Å². The molecule has 0 radical (unpaired) electrons. The van der Waals surface area contributed by atoms with Crippen molar-refractivity contribution < 1.29 is 28.5 Å². The van der Waals surface area contributed by atoms with Crippen molar-refractivity contribution in [1.82, 2.24) is 0 Å². The van der Waals surface area contributed by atoms with Gasteiger partial charge in [-0.25, -0.2) is 9.59 Å². The number of hydrogen-bond acceptors (Lipinski definition) is 6. The highest BCUT2D eigenvalue weighted by atomic mass is 16.5. The van der Waals surface area contributed by atoms with Gasteiger partial charge in [0.25, 0.3) is 0 Å². The minimum Gasteiger partial charge on any atom is -0.488 e. The number of rotatable bonds is 14. The molecule has 0 bridgehead atoms. The van der Waals surface area contributed by atoms with E-state index in [4.69, 9.17) is 18.9 Å². The number of hydrogen-bond donors (Lipinski definition) is 0. The van der Waals surface area contributed by atoms with Gasteiger partial charge in [0.2, 0.25) is 0 Å². The number of aryl methyl sites for hydroxylation is 4. The molecule has 6 heteroatoms. The van der Waals surface area contributed by atoms with Gasteiger partial charge in [-0.15, -0.1) is 0 Å². The van der Waals surface area contributed by atoms with E-state index in [1.54, 1.807) is 0 Å². The maximum Gasteiger partial charge on any atom is 0.335 e. The van der Waals surface area contributed by atoms with Gasteiger partial charge in [-0.1, -0.05) is 87.0 Å². The number of carbonyl (C=O) groups is 2. The second-order valence-electron chi connectivity index (χ2n) is 17.0.